The SMILES string of the molecule is COc1ccc(C(=O)N2CC[C@@H](C(=O)O)C2)c(OC)c1. The number of ether oxygens (including phenoxy) is 2. The Morgan fingerprint density at radius 3 is 2.60 bits per heavy atom. The van der Waals surface area contributed by atoms with Crippen molar-refractivity contribution in [2.45, 2.75) is 6.42 Å². The van der Waals surface area contributed by atoms with Crippen LogP contribution >= 0.6 is 0 Å². The highest BCUT2D eigenvalue weighted by atomic mass is 16.5. The first-order valence-corrected chi connectivity index (χ1v) is 6.31. The van der Waals surface area contributed by atoms with Crippen LogP contribution in [-0.2, 0) is 4.79 Å². The third-order valence-corrected chi connectivity index (χ3v) is 3.46. The molecule has 1 atom stereocenters. The van der Waals surface area contributed by atoms with Gasteiger partial charge >= 0.3 is 5.97 Å². The Morgan fingerprint density at radius 1 is 1.30 bits per heavy atom. The molecule has 0 saturated carbocycles. The molecule has 20 heavy (non-hydrogen) atoms. The first-order valence-electron chi connectivity index (χ1n) is 6.31. The van der Waals surface area contributed by atoms with Gasteiger partial charge in [-0.25, -0.2) is 0 Å². The minimum Gasteiger partial charge on any atom is -0.497 e. The lowest BCUT2D eigenvalue weighted by Crippen LogP contribution is -2.30. The van der Waals surface area contributed by atoms with E-state index in [1.807, 2.05) is 0 Å². The molecule has 1 aliphatic heterocycles. The van der Waals surface area contributed by atoms with Gasteiger partial charge in [0, 0.05) is 19.2 Å². The molecule has 1 saturated heterocycles. The zero-order valence-corrected chi connectivity index (χ0v) is 11.5. The molecule has 1 N–H and O–H groups in total. The summed E-state index contributed by atoms with van der Waals surface area (Å²) in [6.07, 6.45) is 0.486. The van der Waals surface area contributed by atoms with E-state index in [9.17, 15) is 9.59 Å². The predicted octanol–water partition coefficient (Wildman–Crippen LogP) is 1.25. The van der Waals surface area contributed by atoms with E-state index in [4.69, 9.17) is 14.6 Å². The predicted molar refractivity (Wildman–Crippen MR) is 71.2 cm³/mol. The van der Waals surface area contributed by atoms with E-state index in [2.05, 4.69) is 0 Å². The topological polar surface area (TPSA) is 76.1 Å². The average molecular weight is 279 g/mol. The molecule has 1 aliphatic rings. The number of rotatable bonds is 4. The summed E-state index contributed by atoms with van der Waals surface area (Å²) in [6.45, 7) is 0.689. The van der Waals surface area contributed by atoms with Crippen LogP contribution in [0.3, 0.4) is 0 Å². The number of hydrogen-bond donors (Lipinski definition) is 1. The molecule has 108 valence electrons. The van der Waals surface area contributed by atoms with E-state index in [1.165, 1.54) is 14.2 Å². The lowest BCUT2D eigenvalue weighted by molar-refractivity contribution is -0.141. The van der Waals surface area contributed by atoms with Crippen LogP contribution in [0.2, 0.25) is 0 Å². The number of carbonyl (C=O) groups is 2. The number of benzene rings is 1. The van der Waals surface area contributed by atoms with E-state index in [0.29, 0.717) is 30.0 Å². The number of carboxylic acid groups (broad SMARTS) is 1. The van der Waals surface area contributed by atoms with Gasteiger partial charge in [0.2, 0.25) is 0 Å². The van der Waals surface area contributed by atoms with Crippen LogP contribution in [0.1, 0.15) is 16.8 Å². The smallest absolute Gasteiger partial charge is 0.308 e. The quantitative estimate of drug-likeness (QED) is 0.897. The van der Waals surface area contributed by atoms with Crippen LogP contribution in [0.15, 0.2) is 18.2 Å². The molecule has 6 nitrogen and oxygen atoms in total. The molecule has 1 fully saturated rings. The average Bonchev–Trinajstić information content (AvgIpc) is 2.95. The summed E-state index contributed by atoms with van der Waals surface area (Å²) in [4.78, 5) is 24.9. The van der Waals surface area contributed by atoms with Gasteiger partial charge in [-0.3, -0.25) is 9.59 Å². The molecule has 1 aromatic rings. The lowest BCUT2D eigenvalue weighted by Gasteiger charge is -2.18. The Balaban J connectivity index is 2.19. The van der Waals surface area contributed by atoms with Gasteiger partial charge in [-0.1, -0.05) is 0 Å². The summed E-state index contributed by atoms with van der Waals surface area (Å²) in [5.41, 5.74) is 0.416. The van der Waals surface area contributed by atoms with Gasteiger partial charge in [-0.05, 0) is 18.6 Å². The molecule has 6 heteroatoms. The van der Waals surface area contributed by atoms with E-state index in [-0.39, 0.29) is 12.5 Å². The molecule has 2 rings (SSSR count). The molecular formula is C14H17NO5. The van der Waals surface area contributed by atoms with E-state index in [0.717, 1.165) is 0 Å². The number of nitrogens with zero attached hydrogens (tertiary/aromatic N) is 1. The highest BCUT2D eigenvalue weighted by Crippen LogP contribution is 2.27. The van der Waals surface area contributed by atoms with Crippen LogP contribution in [0.5, 0.6) is 11.5 Å². The molecule has 0 unspecified atom stereocenters. The number of likely N-dealkylation sites (tertiary alicyclic amines) is 1. The molecular weight excluding hydrogens is 262 g/mol. The zero-order valence-electron chi connectivity index (χ0n) is 11.5. The molecule has 0 aliphatic carbocycles. The van der Waals surface area contributed by atoms with Crippen molar-refractivity contribution in [3.8, 4) is 11.5 Å². The van der Waals surface area contributed by atoms with Crippen molar-refractivity contribution in [1.29, 1.82) is 0 Å². The number of carboxylic acids is 1. The van der Waals surface area contributed by atoms with Gasteiger partial charge in [0.25, 0.3) is 5.91 Å². The standard InChI is InChI=1S/C14H17NO5/c1-19-10-3-4-11(12(7-10)20-2)13(16)15-6-5-9(8-15)14(17)18/h3-4,7,9H,5-6,8H2,1-2H3,(H,17,18)/t9-/m1/s1. The Morgan fingerprint density at radius 2 is 2.05 bits per heavy atom. The number of amides is 1. The van der Waals surface area contributed by atoms with Crippen LogP contribution in [-0.4, -0.2) is 49.2 Å². The van der Waals surface area contributed by atoms with Crippen molar-refractivity contribution in [3.05, 3.63) is 23.8 Å². The second kappa shape index (κ2) is 5.81. The summed E-state index contributed by atoms with van der Waals surface area (Å²) < 4.78 is 10.3. The molecule has 1 heterocycles. The second-order valence-electron chi connectivity index (χ2n) is 4.64. The number of aliphatic carboxylic acids is 1. The maximum absolute atomic E-state index is 12.4. The molecule has 0 bridgehead atoms. The van der Waals surface area contributed by atoms with Crippen molar-refractivity contribution in [3.63, 3.8) is 0 Å². The Bertz CT molecular complexity index is 528. The summed E-state index contributed by atoms with van der Waals surface area (Å²) >= 11 is 0. The number of hydrogen-bond acceptors (Lipinski definition) is 4. The monoisotopic (exact) mass is 279 g/mol. The Hall–Kier alpha value is -2.24. The normalized spacial score (nSPS) is 17.9. The van der Waals surface area contributed by atoms with Crippen molar-refractivity contribution in [1.82, 2.24) is 4.90 Å². The summed E-state index contributed by atoms with van der Waals surface area (Å²) in [7, 11) is 3.02. The lowest BCUT2D eigenvalue weighted by atomic mass is 10.1. The minimum absolute atomic E-state index is 0.215. The third kappa shape index (κ3) is 2.68. The van der Waals surface area contributed by atoms with Crippen LogP contribution in [0, 0.1) is 5.92 Å². The second-order valence-corrected chi connectivity index (χ2v) is 4.64. The van der Waals surface area contributed by atoms with Crippen LogP contribution in [0.25, 0.3) is 0 Å². The highest BCUT2D eigenvalue weighted by Gasteiger charge is 2.32. The van der Waals surface area contributed by atoms with Crippen LogP contribution in [0.4, 0.5) is 0 Å². The Kier molecular flexibility index (Phi) is 4.12. The maximum Gasteiger partial charge on any atom is 0.308 e. The number of carbonyl (C=O) groups excluding carboxylic acids is 1. The molecule has 0 radical (unpaired) electrons. The van der Waals surface area contributed by atoms with E-state index < -0.39 is 11.9 Å². The fourth-order valence-corrected chi connectivity index (χ4v) is 2.29. The summed E-state index contributed by atoms with van der Waals surface area (Å²) in [6, 6.07) is 4.95. The minimum atomic E-state index is -0.859. The zero-order chi connectivity index (χ0) is 14.7. The first kappa shape index (κ1) is 14.2. The largest absolute Gasteiger partial charge is 0.497 e. The Labute approximate surface area is 116 Å². The van der Waals surface area contributed by atoms with Crippen molar-refractivity contribution in [2.24, 2.45) is 5.92 Å². The van der Waals surface area contributed by atoms with Gasteiger partial charge < -0.3 is 19.5 Å². The molecule has 0 aromatic heterocycles. The van der Waals surface area contributed by atoms with Crippen molar-refractivity contribution in [2.75, 3.05) is 27.3 Å². The van der Waals surface area contributed by atoms with Gasteiger partial charge in [0.05, 0.1) is 25.7 Å². The van der Waals surface area contributed by atoms with Crippen molar-refractivity contribution >= 4 is 11.9 Å². The molecule has 1 aromatic carbocycles. The molecule has 1 amide bonds. The summed E-state index contributed by atoms with van der Waals surface area (Å²) in [5, 5.41) is 8.97. The fraction of sp³-hybridized carbons (Fsp3) is 0.429. The van der Waals surface area contributed by atoms with Gasteiger partial charge in [0.1, 0.15) is 11.5 Å². The van der Waals surface area contributed by atoms with Gasteiger partial charge in [0.15, 0.2) is 0 Å². The van der Waals surface area contributed by atoms with Gasteiger partial charge in [-0.2, -0.15) is 0 Å². The highest BCUT2D eigenvalue weighted by molar-refractivity contribution is 5.97. The summed E-state index contributed by atoms with van der Waals surface area (Å²) in [5.74, 6) is -0.533. The molecule has 0 spiro atoms. The van der Waals surface area contributed by atoms with E-state index in [1.54, 1.807) is 23.1 Å². The number of methoxy groups -OCH3 is 2. The fourth-order valence-electron chi connectivity index (χ4n) is 2.29. The van der Waals surface area contributed by atoms with Gasteiger partial charge in [-0.15, -0.1) is 0 Å². The first-order chi connectivity index (χ1) is 9.56. The van der Waals surface area contributed by atoms with Crippen LogP contribution < -0.4 is 9.47 Å². The third-order valence-electron chi connectivity index (χ3n) is 3.46. The van der Waals surface area contributed by atoms with E-state index >= 15 is 0 Å². The van der Waals surface area contributed by atoms with Crippen molar-refractivity contribution < 1.29 is 24.2 Å². The maximum atomic E-state index is 12.4.